The number of halogens is 3. The highest BCUT2D eigenvalue weighted by Crippen LogP contribution is 2.78. The van der Waals surface area contributed by atoms with Crippen LogP contribution in [-0.2, 0) is 17.8 Å². The van der Waals surface area contributed by atoms with E-state index < -0.39 is 34.3 Å². The Morgan fingerprint density at radius 3 is 2.09 bits per heavy atom. The van der Waals surface area contributed by atoms with E-state index in [1.165, 1.54) is 38.5 Å². The summed E-state index contributed by atoms with van der Waals surface area (Å²) in [7, 11) is 3.05. The van der Waals surface area contributed by atoms with Gasteiger partial charge in [0.1, 0.15) is 5.75 Å². The fourth-order valence-electron chi connectivity index (χ4n) is 13.0. The monoisotopic (exact) mass is 875 g/mol. The molecule has 2 bridgehead atoms. The molecule has 8 atom stereocenters. The Bertz CT molecular complexity index is 2490. The van der Waals surface area contributed by atoms with Gasteiger partial charge in [-0.05, 0) is 109 Å². The molecule has 0 saturated heterocycles. The number of allylic oxidation sites excluding steroid dienone is 4. The maximum Gasteiger partial charge on any atom is 0.573 e. The molecule has 10 rings (SSSR count). The quantitative estimate of drug-likeness (QED) is 0.108. The molecule has 4 aromatic carbocycles. The van der Waals surface area contributed by atoms with Gasteiger partial charge in [-0.15, -0.1) is 13.2 Å². The van der Waals surface area contributed by atoms with Crippen LogP contribution in [0.5, 0.6) is 17.2 Å². The van der Waals surface area contributed by atoms with Crippen LogP contribution >= 0.6 is 0 Å². The molecule has 0 heterocycles. The van der Waals surface area contributed by atoms with Crippen molar-refractivity contribution in [2.45, 2.75) is 89.8 Å². The highest BCUT2D eigenvalue weighted by Gasteiger charge is 2.74. The topological polar surface area (TPSA) is 106 Å². The van der Waals surface area contributed by atoms with Crippen molar-refractivity contribution in [3.05, 3.63) is 138 Å². The first kappa shape index (κ1) is 43.8. The molecule has 11 heteroatoms. The second-order valence-electron chi connectivity index (χ2n) is 19.4. The summed E-state index contributed by atoms with van der Waals surface area (Å²) in [5.41, 5.74) is 1.05. The number of ether oxygens (including phenoxy) is 3. The molecular formula is C53H56F3NO7. The summed E-state index contributed by atoms with van der Waals surface area (Å²) in [6.45, 7) is 4.47. The summed E-state index contributed by atoms with van der Waals surface area (Å²) in [5.74, 6) is 0.191. The van der Waals surface area contributed by atoms with Gasteiger partial charge in [0.15, 0.2) is 17.3 Å². The van der Waals surface area contributed by atoms with Crippen LogP contribution < -0.4 is 14.2 Å². The van der Waals surface area contributed by atoms with Gasteiger partial charge < -0.3 is 29.3 Å². The number of fused-ring (bicyclic) bond motifs is 1. The lowest BCUT2D eigenvalue weighted by Gasteiger charge is -2.71. The van der Waals surface area contributed by atoms with Crippen LogP contribution in [0.1, 0.15) is 80.3 Å². The number of rotatable bonds is 12. The smallest absolute Gasteiger partial charge is 0.493 e. The van der Waals surface area contributed by atoms with Crippen molar-refractivity contribution < 1.29 is 47.2 Å². The number of aliphatic hydroxyl groups excluding tert-OH is 1. The van der Waals surface area contributed by atoms with Crippen LogP contribution in [0, 0.1) is 33.5 Å². The minimum absolute atomic E-state index is 0.0285. The Kier molecular flexibility index (Phi) is 10.9. The summed E-state index contributed by atoms with van der Waals surface area (Å²) >= 11 is 0. The Morgan fingerprint density at radius 1 is 0.766 bits per heavy atom. The molecule has 6 aliphatic carbocycles. The Labute approximate surface area is 372 Å². The number of methoxy groups -OCH3 is 2. The molecule has 1 unspecified atom stereocenters. The van der Waals surface area contributed by atoms with Crippen LogP contribution in [0.15, 0.2) is 121 Å². The molecule has 8 nitrogen and oxygen atoms in total. The third kappa shape index (κ3) is 7.14. The fraction of sp³-hybridized carbons (Fsp3) is 0.434. The van der Waals surface area contributed by atoms with E-state index in [0.717, 1.165) is 29.5 Å². The maximum atomic E-state index is 15.3. The molecule has 0 radical (unpaired) electrons. The third-order valence-corrected chi connectivity index (χ3v) is 16.3. The molecule has 336 valence electrons. The molecule has 64 heavy (non-hydrogen) atoms. The lowest BCUT2D eigenvalue weighted by Crippen LogP contribution is -2.67. The summed E-state index contributed by atoms with van der Waals surface area (Å²) in [4.78, 5) is 31.5. The van der Waals surface area contributed by atoms with Gasteiger partial charge in [0.25, 0.3) is 0 Å². The van der Waals surface area contributed by atoms with E-state index in [2.05, 4.69) is 36.8 Å². The lowest BCUT2D eigenvalue weighted by atomic mass is 9.32. The number of hydrogen-bond acceptors (Lipinski definition) is 7. The number of carbonyl (C=O) groups is 2. The fourth-order valence-corrected chi connectivity index (χ4v) is 13.0. The second kappa shape index (κ2) is 15.9. The molecular weight excluding hydrogens is 820 g/mol. The zero-order valence-electron chi connectivity index (χ0n) is 36.8. The van der Waals surface area contributed by atoms with Gasteiger partial charge in [0.05, 0.1) is 38.9 Å². The van der Waals surface area contributed by atoms with Crippen molar-refractivity contribution in [3.8, 4) is 28.4 Å². The minimum Gasteiger partial charge on any atom is -0.493 e. The first-order valence-electron chi connectivity index (χ1n) is 22.3. The summed E-state index contributed by atoms with van der Waals surface area (Å²) in [6, 6.07) is 28.6. The highest BCUT2D eigenvalue weighted by molar-refractivity contribution is 6.10. The SMILES string of the molecule is COc1ccc(CC(=O)N(Cc2ccc(OC(F)(F)F)cc2)C[C@]2(O)CC[C@H]3[C@]45C=C[C@@]6(C=C4C(=O)c4ccc(-c7ccccc7)cc4)CC(O)CC[C@]6(C)[C@H]5CC[C@@]32C)cc1OC. The molecule has 0 aromatic heterocycles. The first-order valence-corrected chi connectivity index (χ1v) is 22.3. The molecule has 3 fully saturated rings. The van der Waals surface area contributed by atoms with Crippen LogP contribution in [0.25, 0.3) is 11.1 Å². The molecule has 4 aromatic rings. The van der Waals surface area contributed by atoms with Gasteiger partial charge >= 0.3 is 6.36 Å². The maximum absolute atomic E-state index is 15.3. The Hall–Kier alpha value is -5.39. The second-order valence-corrected chi connectivity index (χ2v) is 19.4. The van der Waals surface area contributed by atoms with Gasteiger partial charge in [0, 0.05) is 33.9 Å². The molecule has 3 saturated carbocycles. The molecule has 0 aliphatic heterocycles. The average molecular weight is 876 g/mol. The van der Waals surface area contributed by atoms with Gasteiger partial charge in [0.2, 0.25) is 5.91 Å². The number of aliphatic hydroxyl groups is 2. The number of hydrogen-bond donors (Lipinski definition) is 2. The van der Waals surface area contributed by atoms with Crippen molar-refractivity contribution in [2.75, 3.05) is 20.8 Å². The minimum atomic E-state index is -4.85. The first-order chi connectivity index (χ1) is 30.5. The van der Waals surface area contributed by atoms with E-state index in [1.54, 1.807) is 23.1 Å². The molecule has 1 amide bonds. The van der Waals surface area contributed by atoms with E-state index in [9.17, 15) is 28.2 Å². The molecule has 2 spiro atoms. The van der Waals surface area contributed by atoms with Crippen molar-refractivity contribution >= 4 is 11.7 Å². The lowest BCUT2D eigenvalue weighted by molar-refractivity contribution is -0.274. The van der Waals surface area contributed by atoms with Gasteiger partial charge in [-0.25, -0.2) is 0 Å². The van der Waals surface area contributed by atoms with E-state index in [4.69, 9.17) is 9.47 Å². The van der Waals surface area contributed by atoms with Crippen LogP contribution in [0.4, 0.5) is 13.2 Å². The Balaban J connectivity index is 1.08. The summed E-state index contributed by atoms with van der Waals surface area (Å²) < 4.78 is 54.2. The number of ketones is 1. The molecule has 2 N–H and O–H groups in total. The average Bonchev–Trinajstić information content (AvgIpc) is 3.55. The standard InChI is InChI=1S/C53H56F3NO7/c1-48-23-20-39(58)30-50(48)26-27-52(41(31-50)47(60)38-15-13-37(14-16-38)36-8-6-5-7-9-36)44(48)21-24-49(2)45(52)22-25-51(49,61)33-57(32-34-10-17-40(18-11-34)64-53(54,55)56)46(59)29-35-12-19-42(62-3)43(28-35)63-4/h5-19,26-28,31,39,44-45,58,61H,20-25,29-30,32-33H2,1-4H3/t39?,44-,45-,48-,49+,50+,51-,52-/m1/s1. The van der Waals surface area contributed by atoms with Crippen molar-refractivity contribution in [3.63, 3.8) is 0 Å². The van der Waals surface area contributed by atoms with E-state index in [0.29, 0.717) is 60.3 Å². The van der Waals surface area contributed by atoms with Crippen LogP contribution in [-0.4, -0.2) is 65.6 Å². The molecule has 6 aliphatic rings. The number of carbonyl (C=O) groups excluding carboxylic acids is 2. The van der Waals surface area contributed by atoms with E-state index in [1.807, 2.05) is 54.6 Å². The predicted molar refractivity (Wildman–Crippen MR) is 237 cm³/mol. The predicted octanol–water partition coefficient (Wildman–Crippen LogP) is 10.3. The Morgan fingerprint density at radius 2 is 1.41 bits per heavy atom. The van der Waals surface area contributed by atoms with Gasteiger partial charge in [-0.3, -0.25) is 9.59 Å². The van der Waals surface area contributed by atoms with E-state index in [-0.39, 0.29) is 54.2 Å². The largest absolute Gasteiger partial charge is 0.573 e. The van der Waals surface area contributed by atoms with Gasteiger partial charge in [-0.1, -0.05) is 105 Å². The van der Waals surface area contributed by atoms with E-state index >= 15 is 4.79 Å². The van der Waals surface area contributed by atoms with Crippen molar-refractivity contribution in [1.29, 1.82) is 0 Å². The number of amides is 1. The number of benzene rings is 4. The van der Waals surface area contributed by atoms with Crippen molar-refractivity contribution in [2.24, 2.45) is 33.5 Å². The number of Topliss-reactive ketones (excluding diaryl/α,β-unsaturated/α-hetero) is 1. The van der Waals surface area contributed by atoms with Crippen LogP contribution in [0.3, 0.4) is 0 Å². The normalized spacial score (nSPS) is 31.3. The van der Waals surface area contributed by atoms with Gasteiger partial charge in [-0.2, -0.15) is 0 Å². The van der Waals surface area contributed by atoms with Crippen molar-refractivity contribution in [1.82, 2.24) is 4.90 Å². The summed E-state index contributed by atoms with van der Waals surface area (Å²) in [5, 5.41) is 24.5. The zero-order valence-corrected chi connectivity index (χ0v) is 36.8. The number of alkyl halides is 3. The number of nitrogens with zero attached hydrogens (tertiary/aromatic N) is 1. The zero-order chi connectivity index (χ0) is 45.3. The highest BCUT2D eigenvalue weighted by atomic mass is 19.4. The third-order valence-electron chi connectivity index (χ3n) is 16.3. The summed E-state index contributed by atoms with van der Waals surface area (Å²) in [6.07, 6.45) is 5.82. The van der Waals surface area contributed by atoms with Crippen LogP contribution in [0.2, 0.25) is 0 Å².